The van der Waals surface area contributed by atoms with Gasteiger partial charge in [-0.25, -0.2) is 4.79 Å². The molecule has 1 aromatic heterocycles. The third kappa shape index (κ3) is 3.30. The lowest BCUT2D eigenvalue weighted by Crippen LogP contribution is -1.98. The molecule has 0 amide bonds. The van der Waals surface area contributed by atoms with E-state index >= 15 is 0 Å². The zero-order valence-electron chi connectivity index (χ0n) is 9.45. The minimum absolute atomic E-state index is 0.0249. The number of ether oxygens (including phenoxy) is 2. The molecule has 100 valence electrons. The van der Waals surface area contributed by atoms with Crippen LogP contribution in [0.3, 0.4) is 0 Å². The van der Waals surface area contributed by atoms with Gasteiger partial charge in [-0.3, -0.25) is 0 Å². The van der Waals surface area contributed by atoms with Crippen molar-refractivity contribution < 1.29 is 14.3 Å². The van der Waals surface area contributed by atoms with Gasteiger partial charge in [0.25, 0.3) is 5.19 Å². The van der Waals surface area contributed by atoms with Crippen LogP contribution < -0.4 is 4.74 Å². The first-order chi connectivity index (χ1) is 9.01. The largest absolute Gasteiger partial charge is 0.465 e. The molecule has 0 N–H and O–H groups in total. The molecule has 0 atom stereocenters. The lowest BCUT2D eigenvalue weighted by Gasteiger charge is -2.03. The minimum atomic E-state index is -0.570. The molecule has 1 aromatic carbocycles. The summed E-state index contributed by atoms with van der Waals surface area (Å²) < 4.78 is 10.0. The fourth-order valence-corrected chi connectivity index (χ4v) is 2.70. The van der Waals surface area contributed by atoms with Gasteiger partial charge in [-0.2, -0.15) is 4.98 Å². The van der Waals surface area contributed by atoms with Crippen molar-refractivity contribution in [3.8, 4) is 10.9 Å². The molecule has 8 heteroatoms. The number of benzene rings is 1. The average molecular weight is 339 g/mol. The van der Waals surface area contributed by atoms with Gasteiger partial charge in [-0.1, -0.05) is 46.1 Å². The summed E-state index contributed by atoms with van der Waals surface area (Å²) >= 11 is 18.5. The van der Waals surface area contributed by atoms with Crippen LogP contribution in [0.4, 0.5) is 0 Å². The maximum absolute atomic E-state index is 11.4. The van der Waals surface area contributed by atoms with Crippen molar-refractivity contribution in [2.24, 2.45) is 0 Å². The maximum Gasteiger partial charge on any atom is 0.351 e. The molecule has 0 fully saturated rings. The van der Waals surface area contributed by atoms with Gasteiger partial charge in [0.05, 0.1) is 12.1 Å². The van der Waals surface area contributed by atoms with Gasteiger partial charge >= 0.3 is 5.97 Å². The van der Waals surface area contributed by atoms with E-state index in [2.05, 4.69) is 9.72 Å². The van der Waals surface area contributed by atoms with E-state index in [0.717, 1.165) is 11.3 Å². The van der Waals surface area contributed by atoms with Crippen LogP contribution in [0.5, 0.6) is 10.9 Å². The molecule has 0 saturated heterocycles. The van der Waals surface area contributed by atoms with Crippen LogP contribution >= 0.6 is 46.1 Å². The molecule has 0 aliphatic carbocycles. The second-order valence-corrected chi connectivity index (χ2v) is 5.43. The van der Waals surface area contributed by atoms with Crippen LogP contribution in [0, 0.1) is 0 Å². The summed E-state index contributed by atoms with van der Waals surface area (Å²) in [5, 5.41) is 1.04. The van der Waals surface area contributed by atoms with E-state index in [1.54, 1.807) is 12.1 Å². The van der Waals surface area contributed by atoms with E-state index in [1.165, 1.54) is 13.2 Å². The Bertz CT molecular complexity index is 630. The molecule has 0 aliphatic rings. The molecule has 0 bridgehead atoms. The fourth-order valence-electron chi connectivity index (χ4n) is 1.20. The first-order valence-electron chi connectivity index (χ1n) is 4.89. The van der Waals surface area contributed by atoms with E-state index in [0.29, 0.717) is 15.8 Å². The van der Waals surface area contributed by atoms with E-state index < -0.39 is 5.97 Å². The monoisotopic (exact) mass is 337 g/mol. The zero-order chi connectivity index (χ0) is 14.0. The number of carbonyl (C=O) groups is 1. The van der Waals surface area contributed by atoms with E-state index in [-0.39, 0.29) is 15.2 Å². The van der Waals surface area contributed by atoms with Crippen LogP contribution in [-0.4, -0.2) is 18.1 Å². The molecule has 19 heavy (non-hydrogen) atoms. The third-order valence-electron chi connectivity index (χ3n) is 2.03. The van der Waals surface area contributed by atoms with Gasteiger partial charge in [0, 0.05) is 5.02 Å². The Labute approximate surface area is 127 Å². The lowest BCUT2D eigenvalue weighted by molar-refractivity contribution is 0.0606. The molecule has 0 aliphatic heterocycles. The Morgan fingerprint density at radius 2 is 2.05 bits per heavy atom. The summed E-state index contributed by atoms with van der Waals surface area (Å²) in [7, 11) is 1.26. The highest BCUT2D eigenvalue weighted by atomic mass is 35.5. The van der Waals surface area contributed by atoms with Crippen LogP contribution in [0.15, 0.2) is 18.2 Å². The number of thiazole rings is 1. The van der Waals surface area contributed by atoms with E-state index in [4.69, 9.17) is 39.5 Å². The Morgan fingerprint density at radius 1 is 1.32 bits per heavy atom. The van der Waals surface area contributed by atoms with Gasteiger partial charge in [0.15, 0.2) is 10.0 Å². The van der Waals surface area contributed by atoms with Crippen molar-refractivity contribution in [3.05, 3.63) is 38.3 Å². The molecule has 2 aromatic rings. The number of nitrogens with zero attached hydrogens (tertiary/aromatic N) is 1. The topological polar surface area (TPSA) is 48.4 Å². The van der Waals surface area contributed by atoms with Crippen LogP contribution in [0.2, 0.25) is 15.2 Å². The van der Waals surface area contributed by atoms with Crippen molar-refractivity contribution in [1.29, 1.82) is 0 Å². The average Bonchev–Trinajstić information content (AvgIpc) is 2.73. The van der Waals surface area contributed by atoms with Crippen molar-refractivity contribution in [3.63, 3.8) is 0 Å². The molecule has 2 rings (SSSR count). The van der Waals surface area contributed by atoms with Gasteiger partial charge in [-0.05, 0) is 18.2 Å². The van der Waals surface area contributed by atoms with Crippen molar-refractivity contribution in [2.75, 3.05) is 7.11 Å². The van der Waals surface area contributed by atoms with Crippen molar-refractivity contribution >= 4 is 52.1 Å². The summed E-state index contributed by atoms with van der Waals surface area (Å²) in [6, 6.07) is 4.76. The molecular formula is C11H6Cl3NO3S. The van der Waals surface area contributed by atoms with Crippen molar-refractivity contribution in [2.45, 2.75) is 0 Å². The predicted octanol–water partition coefficient (Wildman–Crippen LogP) is 4.68. The zero-order valence-corrected chi connectivity index (χ0v) is 12.5. The Hall–Kier alpha value is -1.01. The normalized spacial score (nSPS) is 10.3. The summed E-state index contributed by atoms with van der Waals surface area (Å²) in [4.78, 5) is 15.5. The SMILES string of the molecule is COC(=O)c1sc(Oc2ccc(Cl)cc2Cl)nc1Cl. The Balaban J connectivity index is 2.26. The summed E-state index contributed by atoms with van der Waals surface area (Å²) in [6.07, 6.45) is 0. The van der Waals surface area contributed by atoms with Gasteiger partial charge in [0.1, 0.15) is 5.75 Å². The summed E-state index contributed by atoms with van der Waals surface area (Å²) in [5.74, 6) is -0.201. The second-order valence-electron chi connectivity index (χ2n) is 3.27. The number of hydrogen-bond acceptors (Lipinski definition) is 5. The number of aromatic nitrogens is 1. The van der Waals surface area contributed by atoms with E-state index in [9.17, 15) is 4.79 Å². The van der Waals surface area contributed by atoms with Gasteiger partial charge < -0.3 is 9.47 Å². The molecule has 4 nitrogen and oxygen atoms in total. The molecular weight excluding hydrogens is 333 g/mol. The number of hydrogen-bond donors (Lipinski definition) is 0. The maximum atomic E-state index is 11.4. The van der Waals surface area contributed by atoms with Gasteiger partial charge in [-0.15, -0.1) is 0 Å². The highest BCUT2D eigenvalue weighted by Gasteiger charge is 2.19. The second kappa shape index (κ2) is 5.96. The first-order valence-corrected chi connectivity index (χ1v) is 6.84. The summed E-state index contributed by atoms with van der Waals surface area (Å²) in [6.45, 7) is 0. The highest BCUT2D eigenvalue weighted by Crippen LogP contribution is 2.36. The predicted molar refractivity (Wildman–Crippen MR) is 75.0 cm³/mol. The number of rotatable bonds is 3. The van der Waals surface area contributed by atoms with Crippen molar-refractivity contribution in [1.82, 2.24) is 4.98 Å². The first kappa shape index (κ1) is 14.4. The highest BCUT2D eigenvalue weighted by molar-refractivity contribution is 7.15. The smallest absolute Gasteiger partial charge is 0.351 e. The minimum Gasteiger partial charge on any atom is -0.465 e. The lowest BCUT2D eigenvalue weighted by atomic mass is 10.3. The van der Waals surface area contributed by atoms with E-state index in [1.807, 2.05) is 0 Å². The quantitative estimate of drug-likeness (QED) is 0.762. The molecule has 0 unspecified atom stereocenters. The van der Waals surface area contributed by atoms with Gasteiger partial charge in [0.2, 0.25) is 0 Å². The third-order valence-corrected chi connectivity index (χ3v) is 3.86. The van der Waals surface area contributed by atoms with Crippen LogP contribution in [-0.2, 0) is 4.74 Å². The Morgan fingerprint density at radius 3 is 2.68 bits per heavy atom. The Kier molecular flexibility index (Phi) is 4.52. The van der Waals surface area contributed by atoms with Crippen LogP contribution in [0.1, 0.15) is 9.67 Å². The summed E-state index contributed by atoms with van der Waals surface area (Å²) in [5.41, 5.74) is 0. The molecule has 1 heterocycles. The number of carbonyl (C=O) groups excluding carboxylic acids is 1. The fraction of sp³-hybridized carbons (Fsp3) is 0.0909. The van der Waals surface area contributed by atoms with Crippen LogP contribution in [0.25, 0.3) is 0 Å². The standard InChI is InChI=1S/C11H6Cl3NO3S/c1-17-10(16)8-9(14)15-11(19-8)18-7-3-2-5(12)4-6(7)13/h2-4H,1H3. The number of methoxy groups -OCH3 is 1. The number of halogens is 3. The number of esters is 1. The molecule has 0 spiro atoms. The molecule has 0 saturated carbocycles. The molecule has 0 radical (unpaired) electrons.